The van der Waals surface area contributed by atoms with Gasteiger partial charge in [-0.05, 0) is 42.6 Å². The number of nitrogens with zero attached hydrogens (tertiary/aromatic N) is 1. The number of aromatic amines is 1. The Kier molecular flexibility index (Phi) is 4.57. The van der Waals surface area contributed by atoms with Crippen molar-refractivity contribution in [1.29, 1.82) is 0 Å². The van der Waals surface area contributed by atoms with Crippen molar-refractivity contribution in [2.75, 3.05) is 19.6 Å². The summed E-state index contributed by atoms with van der Waals surface area (Å²) in [5.74, 6) is 1.61. The Morgan fingerprint density at radius 2 is 2.20 bits per heavy atom. The fourth-order valence-corrected chi connectivity index (χ4v) is 3.62. The van der Waals surface area contributed by atoms with Crippen LogP contribution >= 0.6 is 0 Å². The first-order chi connectivity index (χ1) is 12.3. The molecule has 5 nitrogen and oxygen atoms in total. The molecule has 4 rings (SSSR count). The van der Waals surface area contributed by atoms with Gasteiger partial charge in [0.2, 0.25) is 5.91 Å². The number of nitrogens with one attached hydrogen (secondary N) is 2. The topological polar surface area (TPSA) is 61.3 Å². The molecule has 25 heavy (non-hydrogen) atoms. The second kappa shape index (κ2) is 7.15. The van der Waals surface area contributed by atoms with Gasteiger partial charge in [0.1, 0.15) is 5.76 Å². The molecule has 1 atom stereocenters. The molecule has 0 saturated carbocycles. The zero-order valence-corrected chi connectivity index (χ0v) is 14.2. The van der Waals surface area contributed by atoms with Gasteiger partial charge in [0.15, 0.2) is 0 Å². The Bertz CT molecular complexity index is 838. The van der Waals surface area contributed by atoms with Crippen molar-refractivity contribution in [3.05, 3.63) is 60.2 Å². The molecule has 1 fully saturated rings. The van der Waals surface area contributed by atoms with Crippen LogP contribution in [0.2, 0.25) is 0 Å². The Balaban J connectivity index is 1.25. The van der Waals surface area contributed by atoms with Gasteiger partial charge in [-0.15, -0.1) is 0 Å². The maximum atomic E-state index is 12.3. The highest BCUT2D eigenvalue weighted by Crippen LogP contribution is 2.19. The van der Waals surface area contributed by atoms with Crippen LogP contribution in [0.1, 0.15) is 17.7 Å². The van der Waals surface area contributed by atoms with Crippen molar-refractivity contribution < 1.29 is 9.21 Å². The molecule has 3 heterocycles. The van der Waals surface area contributed by atoms with Crippen LogP contribution in [-0.2, 0) is 17.8 Å². The fraction of sp³-hybridized carbons (Fsp3) is 0.350. The Morgan fingerprint density at radius 1 is 1.28 bits per heavy atom. The lowest BCUT2D eigenvalue weighted by Gasteiger charge is -2.15. The molecule has 0 spiro atoms. The molecule has 0 bridgehead atoms. The molecule has 1 aliphatic rings. The van der Waals surface area contributed by atoms with Crippen molar-refractivity contribution in [3.8, 4) is 0 Å². The number of H-pyrrole nitrogens is 1. The number of carbonyl (C=O) groups excluding carboxylic acids is 1. The van der Waals surface area contributed by atoms with E-state index in [1.54, 1.807) is 6.26 Å². The van der Waals surface area contributed by atoms with Gasteiger partial charge in [0.05, 0.1) is 19.2 Å². The first-order valence-corrected chi connectivity index (χ1v) is 8.84. The zero-order valence-electron chi connectivity index (χ0n) is 14.2. The number of para-hydroxylation sites is 1. The fourth-order valence-electron chi connectivity index (χ4n) is 3.62. The molecule has 130 valence electrons. The number of amides is 1. The second-order valence-corrected chi connectivity index (χ2v) is 6.81. The van der Waals surface area contributed by atoms with Gasteiger partial charge in [-0.2, -0.15) is 0 Å². The van der Waals surface area contributed by atoms with Crippen LogP contribution in [0.25, 0.3) is 10.9 Å². The van der Waals surface area contributed by atoms with Crippen LogP contribution < -0.4 is 5.32 Å². The summed E-state index contributed by atoms with van der Waals surface area (Å²) in [6.45, 7) is 3.67. The standard InChI is InChI=1S/C20H23N3O2/c24-20(10-16-12-21-19-6-2-1-5-18(16)19)22-11-15-7-8-23(13-15)14-17-4-3-9-25-17/h1-6,9,12,15,21H,7-8,10-11,13-14H2,(H,22,24). The van der Waals surface area contributed by atoms with E-state index >= 15 is 0 Å². The molecule has 1 unspecified atom stereocenters. The lowest BCUT2D eigenvalue weighted by molar-refractivity contribution is -0.120. The average Bonchev–Trinajstić information content (AvgIpc) is 3.36. The first kappa shape index (κ1) is 16.0. The smallest absolute Gasteiger partial charge is 0.224 e. The number of fused-ring (bicyclic) bond motifs is 1. The minimum Gasteiger partial charge on any atom is -0.468 e. The van der Waals surface area contributed by atoms with Crippen molar-refractivity contribution in [2.45, 2.75) is 19.4 Å². The van der Waals surface area contributed by atoms with E-state index in [1.807, 2.05) is 36.5 Å². The highest BCUT2D eigenvalue weighted by Gasteiger charge is 2.23. The molecule has 0 radical (unpaired) electrons. The maximum Gasteiger partial charge on any atom is 0.224 e. The summed E-state index contributed by atoms with van der Waals surface area (Å²) in [5, 5.41) is 4.23. The van der Waals surface area contributed by atoms with Gasteiger partial charge in [0, 0.05) is 30.2 Å². The van der Waals surface area contributed by atoms with Gasteiger partial charge >= 0.3 is 0 Å². The van der Waals surface area contributed by atoms with Gasteiger partial charge in [-0.25, -0.2) is 0 Å². The van der Waals surface area contributed by atoms with Crippen molar-refractivity contribution >= 4 is 16.8 Å². The minimum atomic E-state index is 0.0919. The number of carbonyl (C=O) groups is 1. The third-order valence-corrected chi connectivity index (χ3v) is 4.94. The summed E-state index contributed by atoms with van der Waals surface area (Å²) in [4.78, 5) is 17.9. The number of hydrogen-bond acceptors (Lipinski definition) is 3. The highest BCUT2D eigenvalue weighted by molar-refractivity contribution is 5.88. The molecular formula is C20H23N3O2. The number of furan rings is 1. The maximum absolute atomic E-state index is 12.3. The first-order valence-electron chi connectivity index (χ1n) is 8.84. The lowest BCUT2D eigenvalue weighted by atomic mass is 10.1. The van der Waals surface area contributed by atoms with Crippen LogP contribution in [0.5, 0.6) is 0 Å². The Hall–Kier alpha value is -2.53. The predicted molar refractivity (Wildman–Crippen MR) is 97.1 cm³/mol. The van der Waals surface area contributed by atoms with Gasteiger partial charge in [0.25, 0.3) is 0 Å². The van der Waals surface area contributed by atoms with Crippen molar-refractivity contribution in [2.24, 2.45) is 5.92 Å². The van der Waals surface area contributed by atoms with Crippen LogP contribution in [0.4, 0.5) is 0 Å². The van der Waals surface area contributed by atoms with E-state index in [0.29, 0.717) is 12.3 Å². The highest BCUT2D eigenvalue weighted by atomic mass is 16.3. The van der Waals surface area contributed by atoms with Crippen LogP contribution in [0.15, 0.2) is 53.3 Å². The van der Waals surface area contributed by atoms with Crippen molar-refractivity contribution in [1.82, 2.24) is 15.2 Å². The largest absolute Gasteiger partial charge is 0.468 e. The van der Waals surface area contributed by atoms with E-state index in [-0.39, 0.29) is 5.91 Å². The molecule has 1 aliphatic heterocycles. The van der Waals surface area contributed by atoms with E-state index in [2.05, 4.69) is 21.3 Å². The Morgan fingerprint density at radius 3 is 3.08 bits per heavy atom. The third kappa shape index (κ3) is 3.77. The molecule has 3 aromatic rings. The van der Waals surface area contributed by atoms with Crippen LogP contribution in [0.3, 0.4) is 0 Å². The average molecular weight is 337 g/mol. The zero-order chi connectivity index (χ0) is 17.1. The molecule has 1 amide bonds. The van der Waals surface area contributed by atoms with Crippen LogP contribution in [0, 0.1) is 5.92 Å². The predicted octanol–water partition coefficient (Wildman–Crippen LogP) is 2.94. The minimum absolute atomic E-state index is 0.0919. The SMILES string of the molecule is O=C(Cc1c[nH]c2ccccc12)NCC1CCN(Cc2ccco2)C1. The normalized spacial score (nSPS) is 18.0. The van der Waals surface area contributed by atoms with Crippen molar-refractivity contribution in [3.63, 3.8) is 0 Å². The summed E-state index contributed by atoms with van der Waals surface area (Å²) in [6, 6.07) is 12.0. The lowest BCUT2D eigenvalue weighted by Crippen LogP contribution is -2.31. The molecule has 1 saturated heterocycles. The summed E-state index contributed by atoms with van der Waals surface area (Å²) in [6.07, 6.45) is 5.19. The van der Waals surface area contributed by atoms with E-state index < -0.39 is 0 Å². The van der Waals surface area contributed by atoms with Gasteiger partial charge in [-0.3, -0.25) is 9.69 Å². The van der Waals surface area contributed by atoms with Crippen LogP contribution in [-0.4, -0.2) is 35.4 Å². The second-order valence-electron chi connectivity index (χ2n) is 6.81. The number of benzene rings is 1. The van der Waals surface area contributed by atoms with Gasteiger partial charge in [-0.1, -0.05) is 18.2 Å². The monoisotopic (exact) mass is 337 g/mol. The quantitative estimate of drug-likeness (QED) is 0.727. The van der Waals surface area contributed by atoms with E-state index in [9.17, 15) is 4.79 Å². The Labute approximate surface area is 147 Å². The molecule has 5 heteroatoms. The van der Waals surface area contributed by atoms with E-state index in [1.165, 1.54) is 0 Å². The van der Waals surface area contributed by atoms with E-state index in [0.717, 1.165) is 54.8 Å². The summed E-state index contributed by atoms with van der Waals surface area (Å²) in [5.41, 5.74) is 2.13. The third-order valence-electron chi connectivity index (χ3n) is 4.94. The molecule has 1 aromatic carbocycles. The molecule has 2 N–H and O–H groups in total. The van der Waals surface area contributed by atoms with Gasteiger partial charge < -0.3 is 14.7 Å². The molecule has 2 aromatic heterocycles. The summed E-state index contributed by atoms with van der Waals surface area (Å²) >= 11 is 0. The molecule has 0 aliphatic carbocycles. The summed E-state index contributed by atoms with van der Waals surface area (Å²) in [7, 11) is 0. The number of aromatic nitrogens is 1. The number of likely N-dealkylation sites (tertiary alicyclic amines) is 1. The number of rotatable bonds is 6. The summed E-state index contributed by atoms with van der Waals surface area (Å²) < 4.78 is 5.41. The number of hydrogen-bond donors (Lipinski definition) is 2. The molecular weight excluding hydrogens is 314 g/mol. The van der Waals surface area contributed by atoms with E-state index in [4.69, 9.17) is 4.42 Å².